The van der Waals surface area contributed by atoms with E-state index >= 15 is 0 Å². The number of benzene rings is 1. The number of hydrogen-bond donors (Lipinski definition) is 2. The summed E-state index contributed by atoms with van der Waals surface area (Å²) >= 11 is 0. The van der Waals surface area contributed by atoms with E-state index in [9.17, 15) is 4.79 Å². The molecule has 1 aliphatic carbocycles. The fourth-order valence-electron chi connectivity index (χ4n) is 2.89. The Bertz CT molecular complexity index is 466. The molecule has 1 aromatic carbocycles. The van der Waals surface area contributed by atoms with Gasteiger partial charge in [0.2, 0.25) is 0 Å². The molecule has 1 fully saturated rings. The third-order valence-corrected chi connectivity index (χ3v) is 4.01. The highest BCUT2D eigenvalue weighted by atomic mass is 16.2. The van der Waals surface area contributed by atoms with Gasteiger partial charge in [0, 0.05) is 32.7 Å². The molecular formula is C15H21N3O. The van der Waals surface area contributed by atoms with Gasteiger partial charge in [-0.2, -0.15) is 0 Å². The summed E-state index contributed by atoms with van der Waals surface area (Å²) < 4.78 is 0. The molecule has 0 saturated carbocycles. The Morgan fingerprint density at radius 2 is 2.00 bits per heavy atom. The molecule has 2 N–H and O–H groups in total. The minimum atomic E-state index is 0.0574. The van der Waals surface area contributed by atoms with Crippen molar-refractivity contribution < 1.29 is 4.79 Å². The average Bonchev–Trinajstić information content (AvgIpc) is 2.93. The first-order valence-corrected chi connectivity index (χ1v) is 7.17. The SMILES string of the molecule is O=C(NCc1ccc2c(c1)CCC2)N1CCNCC1. The van der Waals surface area contributed by atoms with Gasteiger partial charge in [-0.1, -0.05) is 18.2 Å². The third kappa shape index (κ3) is 2.89. The van der Waals surface area contributed by atoms with Gasteiger partial charge in [-0.05, 0) is 36.0 Å². The number of aryl methyl sites for hydroxylation is 2. The summed E-state index contributed by atoms with van der Waals surface area (Å²) in [5, 5.41) is 6.27. The van der Waals surface area contributed by atoms with Gasteiger partial charge < -0.3 is 15.5 Å². The van der Waals surface area contributed by atoms with Crippen molar-refractivity contribution in [3.05, 3.63) is 34.9 Å². The number of carbonyl (C=O) groups excluding carboxylic acids is 1. The highest BCUT2D eigenvalue weighted by Gasteiger charge is 2.16. The van der Waals surface area contributed by atoms with Crippen LogP contribution in [0.15, 0.2) is 18.2 Å². The van der Waals surface area contributed by atoms with E-state index in [0.717, 1.165) is 26.2 Å². The molecule has 0 spiro atoms. The summed E-state index contributed by atoms with van der Waals surface area (Å²) in [7, 11) is 0. The number of nitrogens with one attached hydrogen (secondary N) is 2. The van der Waals surface area contributed by atoms with E-state index in [2.05, 4.69) is 28.8 Å². The molecule has 1 aromatic rings. The number of hydrogen-bond acceptors (Lipinski definition) is 2. The van der Waals surface area contributed by atoms with Crippen LogP contribution in [0.5, 0.6) is 0 Å². The molecule has 2 amide bonds. The van der Waals surface area contributed by atoms with Gasteiger partial charge >= 0.3 is 6.03 Å². The van der Waals surface area contributed by atoms with Gasteiger partial charge in [0.1, 0.15) is 0 Å². The molecule has 0 aromatic heterocycles. The first kappa shape index (κ1) is 12.5. The monoisotopic (exact) mass is 259 g/mol. The maximum atomic E-state index is 12.0. The van der Waals surface area contributed by atoms with Crippen LogP contribution in [0, 0.1) is 0 Å². The van der Waals surface area contributed by atoms with Crippen molar-refractivity contribution in [1.29, 1.82) is 0 Å². The van der Waals surface area contributed by atoms with E-state index in [0.29, 0.717) is 6.54 Å². The molecule has 3 rings (SSSR count). The Kier molecular flexibility index (Phi) is 3.69. The highest BCUT2D eigenvalue weighted by Crippen LogP contribution is 2.22. The predicted octanol–water partition coefficient (Wildman–Crippen LogP) is 1.29. The standard InChI is InChI=1S/C15H21N3O/c19-15(18-8-6-16-7-9-18)17-11-12-4-5-13-2-1-3-14(13)10-12/h4-5,10,16H,1-3,6-9,11H2,(H,17,19). The first-order chi connectivity index (χ1) is 9.33. The molecule has 1 aliphatic heterocycles. The number of carbonyl (C=O) groups is 1. The van der Waals surface area contributed by atoms with Gasteiger partial charge in [0.25, 0.3) is 0 Å². The molecule has 19 heavy (non-hydrogen) atoms. The number of rotatable bonds is 2. The largest absolute Gasteiger partial charge is 0.334 e. The van der Waals surface area contributed by atoms with E-state index in [1.54, 1.807) is 0 Å². The topological polar surface area (TPSA) is 44.4 Å². The molecule has 4 heteroatoms. The Morgan fingerprint density at radius 1 is 1.21 bits per heavy atom. The molecule has 1 heterocycles. The minimum Gasteiger partial charge on any atom is -0.334 e. The lowest BCUT2D eigenvalue weighted by molar-refractivity contribution is 0.190. The smallest absolute Gasteiger partial charge is 0.317 e. The van der Waals surface area contributed by atoms with Gasteiger partial charge in [0.15, 0.2) is 0 Å². The van der Waals surface area contributed by atoms with Crippen LogP contribution < -0.4 is 10.6 Å². The lowest BCUT2D eigenvalue weighted by atomic mass is 10.1. The zero-order valence-electron chi connectivity index (χ0n) is 11.2. The summed E-state index contributed by atoms with van der Waals surface area (Å²) in [6.07, 6.45) is 3.67. The summed E-state index contributed by atoms with van der Waals surface area (Å²) in [4.78, 5) is 13.9. The number of fused-ring (bicyclic) bond motifs is 1. The highest BCUT2D eigenvalue weighted by molar-refractivity contribution is 5.74. The van der Waals surface area contributed by atoms with Crippen LogP contribution >= 0.6 is 0 Å². The van der Waals surface area contributed by atoms with Crippen LogP contribution in [-0.2, 0) is 19.4 Å². The maximum absolute atomic E-state index is 12.0. The van der Waals surface area contributed by atoms with Gasteiger partial charge in [0.05, 0.1) is 0 Å². The van der Waals surface area contributed by atoms with Crippen LogP contribution in [0.25, 0.3) is 0 Å². The van der Waals surface area contributed by atoms with Crippen LogP contribution in [0.4, 0.5) is 4.79 Å². The molecule has 2 aliphatic rings. The third-order valence-electron chi connectivity index (χ3n) is 4.01. The van der Waals surface area contributed by atoms with Crippen molar-refractivity contribution in [2.45, 2.75) is 25.8 Å². The Morgan fingerprint density at radius 3 is 2.84 bits per heavy atom. The van der Waals surface area contributed by atoms with Crippen LogP contribution in [-0.4, -0.2) is 37.1 Å². The summed E-state index contributed by atoms with van der Waals surface area (Å²) in [5.74, 6) is 0. The quantitative estimate of drug-likeness (QED) is 0.840. The van der Waals surface area contributed by atoms with Gasteiger partial charge in [-0.3, -0.25) is 0 Å². The summed E-state index contributed by atoms with van der Waals surface area (Å²) in [6, 6.07) is 6.67. The lowest BCUT2D eigenvalue weighted by Gasteiger charge is -2.27. The Balaban J connectivity index is 1.55. The Labute approximate surface area is 114 Å². The average molecular weight is 259 g/mol. The molecule has 0 atom stereocenters. The van der Waals surface area contributed by atoms with Crippen molar-refractivity contribution in [1.82, 2.24) is 15.5 Å². The molecule has 4 nitrogen and oxygen atoms in total. The fourth-order valence-corrected chi connectivity index (χ4v) is 2.89. The van der Waals surface area contributed by atoms with Gasteiger partial charge in [-0.25, -0.2) is 4.79 Å². The van der Waals surface area contributed by atoms with Crippen molar-refractivity contribution in [3.8, 4) is 0 Å². The van der Waals surface area contributed by atoms with Crippen molar-refractivity contribution in [3.63, 3.8) is 0 Å². The number of amides is 2. The van der Waals surface area contributed by atoms with E-state index < -0.39 is 0 Å². The van der Waals surface area contributed by atoms with E-state index in [1.807, 2.05) is 4.90 Å². The number of urea groups is 1. The second kappa shape index (κ2) is 5.61. The van der Waals surface area contributed by atoms with Gasteiger partial charge in [-0.15, -0.1) is 0 Å². The van der Waals surface area contributed by atoms with Crippen LogP contribution in [0.2, 0.25) is 0 Å². The second-order valence-electron chi connectivity index (χ2n) is 5.35. The lowest BCUT2D eigenvalue weighted by Crippen LogP contribution is -2.50. The number of piperazine rings is 1. The first-order valence-electron chi connectivity index (χ1n) is 7.17. The number of nitrogens with zero attached hydrogens (tertiary/aromatic N) is 1. The van der Waals surface area contributed by atoms with Crippen molar-refractivity contribution in [2.75, 3.05) is 26.2 Å². The molecular weight excluding hydrogens is 238 g/mol. The zero-order valence-corrected chi connectivity index (χ0v) is 11.2. The summed E-state index contributed by atoms with van der Waals surface area (Å²) in [6.45, 7) is 4.03. The second-order valence-corrected chi connectivity index (χ2v) is 5.35. The van der Waals surface area contributed by atoms with Crippen LogP contribution in [0.1, 0.15) is 23.1 Å². The fraction of sp³-hybridized carbons (Fsp3) is 0.533. The predicted molar refractivity (Wildman–Crippen MR) is 75.1 cm³/mol. The minimum absolute atomic E-state index is 0.0574. The molecule has 1 saturated heterocycles. The van der Waals surface area contributed by atoms with E-state index in [-0.39, 0.29) is 6.03 Å². The zero-order chi connectivity index (χ0) is 13.1. The molecule has 102 valence electrons. The van der Waals surface area contributed by atoms with E-state index in [4.69, 9.17) is 0 Å². The normalized spacial score (nSPS) is 18.2. The molecule has 0 unspecified atom stereocenters. The van der Waals surface area contributed by atoms with Crippen LogP contribution in [0.3, 0.4) is 0 Å². The Hall–Kier alpha value is -1.55. The summed E-state index contributed by atoms with van der Waals surface area (Å²) in [5.41, 5.74) is 4.16. The van der Waals surface area contributed by atoms with E-state index in [1.165, 1.54) is 36.0 Å². The molecule has 0 bridgehead atoms. The molecule has 0 radical (unpaired) electrons. The maximum Gasteiger partial charge on any atom is 0.317 e. The van der Waals surface area contributed by atoms with Crippen molar-refractivity contribution in [2.24, 2.45) is 0 Å². The van der Waals surface area contributed by atoms with Crippen molar-refractivity contribution >= 4 is 6.03 Å².